The highest BCUT2D eigenvalue weighted by molar-refractivity contribution is 7.89. The largest absolute Gasteiger partial charge is 0.305 e. The summed E-state index contributed by atoms with van der Waals surface area (Å²) in [6.45, 7) is 5.02. The zero-order chi connectivity index (χ0) is 24.2. The maximum absolute atomic E-state index is 12.7. The number of nitrogens with one attached hydrogen (secondary N) is 1. The van der Waals surface area contributed by atoms with Gasteiger partial charge < -0.3 is 9.88 Å². The van der Waals surface area contributed by atoms with Crippen molar-refractivity contribution in [2.24, 2.45) is 0 Å². The third-order valence-electron chi connectivity index (χ3n) is 4.85. The summed E-state index contributed by atoms with van der Waals surface area (Å²) in [6, 6.07) is 11.5. The topological polar surface area (TPSA) is 118 Å². The normalized spacial score (nSPS) is 11.5. The Morgan fingerprint density at radius 2 is 1.76 bits per heavy atom. The predicted molar refractivity (Wildman–Crippen MR) is 127 cm³/mol. The fourth-order valence-corrected chi connectivity index (χ4v) is 5.59. The molecule has 0 aliphatic rings. The number of carbonyl (C=O) groups is 2. The molecule has 0 bridgehead atoms. The molecule has 11 heteroatoms. The average molecular weight is 489 g/mol. The molecule has 0 unspecified atom stereocenters. The van der Waals surface area contributed by atoms with Gasteiger partial charge >= 0.3 is 0 Å². The minimum atomic E-state index is -3.78. The minimum Gasteiger partial charge on any atom is -0.305 e. The van der Waals surface area contributed by atoms with Crippen molar-refractivity contribution in [3.8, 4) is 11.3 Å². The first-order chi connectivity index (χ1) is 15.7. The first-order valence-electron chi connectivity index (χ1n) is 10.2. The van der Waals surface area contributed by atoms with Gasteiger partial charge in [0.15, 0.2) is 10.9 Å². The van der Waals surface area contributed by atoms with Crippen molar-refractivity contribution in [3.05, 3.63) is 63.9 Å². The van der Waals surface area contributed by atoms with Crippen LogP contribution in [0, 0.1) is 0 Å². The number of amides is 1. The maximum atomic E-state index is 12.7. The van der Waals surface area contributed by atoms with Crippen molar-refractivity contribution in [1.29, 1.82) is 0 Å². The quantitative estimate of drug-likeness (QED) is 0.463. The van der Waals surface area contributed by atoms with E-state index in [2.05, 4.69) is 10.3 Å². The molecule has 174 valence electrons. The zero-order valence-corrected chi connectivity index (χ0v) is 20.1. The van der Waals surface area contributed by atoms with Gasteiger partial charge in [0.2, 0.25) is 15.9 Å². The van der Waals surface area contributed by atoms with Gasteiger partial charge in [-0.15, -0.1) is 0 Å². The zero-order valence-electron chi connectivity index (χ0n) is 18.4. The summed E-state index contributed by atoms with van der Waals surface area (Å²) in [7, 11) is -3.78. The number of thiazole rings is 1. The summed E-state index contributed by atoms with van der Waals surface area (Å²) >= 11 is 1.04. The summed E-state index contributed by atoms with van der Waals surface area (Å²) in [4.78, 5) is 41.6. The van der Waals surface area contributed by atoms with Gasteiger partial charge in [0.25, 0.3) is 5.56 Å². The van der Waals surface area contributed by atoms with Crippen molar-refractivity contribution in [1.82, 2.24) is 13.9 Å². The van der Waals surface area contributed by atoms with Gasteiger partial charge in [-0.25, -0.2) is 13.4 Å². The molecule has 1 aromatic carbocycles. The number of hydrogen-bond acceptors (Lipinski definition) is 7. The Labute approximate surface area is 195 Å². The van der Waals surface area contributed by atoms with E-state index >= 15 is 0 Å². The number of rotatable bonds is 9. The van der Waals surface area contributed by atoms with Crippen molar-refractivity contribution < 1.29 is 18.0 Å². The van der Waals surface area contributed by atoms with E-state index in [9.17, 15) is 22.8 Å². The van der Waals surface area contributed by atoms with E-state index in [1.807, 2.05) is 30.3 Å². The number of nitrogens with zero attached hydrogens (tertiary/aromatic N) is 3. The molecule has 0 spiro atoms. The Bertz CT molecular complexity index is 1330. The minimum absolute atomic E-state index is 0.0712. The van der Waals surface area contributed by atoms with E-state index < -0.39 is 28.0 Å². The second-order valence-corrected chi connectivity index (χ2v) is 10.0. The molecule has 3 rings (SSSR count). The standard InChI is InChI=1S/C22H24N4O5S2/c1-4-26(5-2)33(30,31)17-11-12-19(29)25(13-17)14-18(28)23-22-24-20(21(32-22)15(3)27)16-9-7-6-8-10-16/h6-13H,4-5,14H2,1-3H3,(H,23,24,28). The number of benzene rings is 1. The monoisotopic (exact) mass is 488 g/mol. The van der Waals surface area contributed by atoms with Crippen LogP contribution in [0.5, 0.6) is 0 Å². The van der Waals surface area contributed by atoms with Crippen molar-refractivity contribution in [2.75, 3.05) is 18.4 Å². The number of ketones is 1. The first kappa shape index (κ1) is 24.5. The number of aromatic nitrogens is 2. The van der Waals surface area contributed by atoms with Crippen LogP contribution >= 0.6 is 11.3 Å². The lowest BCUT2D eigenvalue weighted by Crippen LogP contribution is -2.33. The Kier molecular flexibility index (Phi) is 7.57. The molecule has 33 heavy (non-hydrogen) atoms. The van der Waals surface area contributed by atoms with Crippen LogP contribution in [0.4, 0.5) is 5.13 Å². The second kappa shape index (κ2) is 10.2. The Balaban J connectivity index is 1.85. The van der Waals surface area contributed by atoms with Crippen LogP contribution in [-0.2, 0) is 21.4 Å². The lowest BCUT2D eigenvalue weighted by atomic mass is 10.1. The molecule has 0 aliphatic carbocycles. The summed E-state index contributed by atoms with van der Waals surface area (Å²) in [5.41, 5.74) is 0.690. The third-order valence-corrected chi connectivity index (χ3v) is 7.96. The molecule has 2 heterocycles. The molecule has 1 amide bonds. The number of carbonyl (C=O) groups excluding carboxylic acids is 2. The average Bonchev–Trinajstić information content (AvgIpc) is 3.20. The van der Waals surface area contributed by atoms with Crippen LogP contribution < -0.4 is 10.9 Å². The number of Topliss-reactive ketones (excluding diaryl/α,β-unsaturated/α-hetero) is 1. The van der Waals surface area contributed by atoms with Crippen LogP contribution in [0.15, 0.2) is 58.4 Å². The maximum Gasteiger partial charge on any atom is 0.251 e. The molecular formula is C22H24N4O5S2. The number of pyridine rings is 1. The van der Waals surface area contributed by atoms with E-state index in [1.165, 1.54) is 17.3 Å². The van der Waals surface area contributed by atoms with Crippen molar-refractivity contribution >= 4 is 38.2 Å². The van der Waals surface area contributed by atoms with Gasteiger partial charge in [-0.2, -0.15) is 4.31 Å². The van der Waals surface area contributed by atoms with E-state index in [0.717, 1.165) is 33.7 Å². The molecule has 0 saturated heterocycles. The van der Waals surface area contributed by atoms with Crippen LogP contribution in [0.2, 0.25) is 0 Å². The smallest absolute Gasteiger partial charge is 0.251 e. The highest BCUT2D eigenvalue weighted by Crippen LogP contribution is 2.31. The molecule has 0 atom stereocenters. The summed E-state index contributed by atoms with van der Waals surface area (Å²) in [5.74, 6) is -0.754. The Morgan fingerprint density at radius 1 is 1.09 bits per heavy atom. The van der Waals surface area contributed by atoms with Crippen LogP contribution in [-0.4, -0.2) is 47.1 Å². The molecule has 3 aromatic rings. The van der Waals surface area contributed by atoms with Crippen molar-refractivity contribution in [2.45, 2.75) is 32.2 Å². The van der Waals surface area contributed by atoms with Gasteiger partial charge in [0.1, 0.15) is 6.54 Å². The summed E-state index contributed by atoms with van der Waals surface area (Å²) < 4.78 is 27.8. The summed E-state index contributed by atoms with van der Waals surface area (Å²) in [5, 5.41) is 2.82. The van der Waals surface area contributed by atoms with Gasteiger partial charge in [0.05, 0.1) is 15.5 Å². The molecule has 0 aliphatic heterocycles. The molecular weight excluding hydrogens is 464 g/mol. The number of hydrogen-bond donors (Lipinski definition) is 1. The van der Waals surface area contributed by atoms with Crippen LogP contribution in [0.1, 0.15) is 30.4 Å². The third kappa shape index (κ3) is 5.44. The Hall–Kier alpha value is -3.15. The van der Waals surface area contributed by atoms with E-state index in [1.54, 1.807) is 13.8 Å². The lowest BCUT2D eigenvalue weighted by molar-refractivity contribution is -0.116. The van der Waals surface area contributed by atoms with E-state index in [4.69, 9.17) is 0 Å². The fourth-order valence-electron chi connectivity index (χ4n) is 3.22. The predicted octanol–water partition coefficient (Wildman–Crippen LogP) is 2.84. The van der Waals surface area contributed by atoms with E-state index in [0.29, 0.717) is 10.6 Å². The highest BCUT2D eigenvalue weighted by atomic mass is 32.2. The summed E-state index contributed by atoms with van der Waals surface area (Å²) in [6.07, 6.45) is 1.16. The molecule has 2 aromatic heterocycles. The van der Waals surface area contributed by atoms with Gasteiger partial charge in [-0.3, -0.25) is 14.4 Å². The van der Waals surface area contributed by atoms with Crippen LogP contribution in [0.3, 0.4) is 0 Å². The number of sulfonamides is 1. The molecule has 0 fully saturated rings. The van der Waals surface area contributed by atoms with Crippen LogP contribution in [0.25, 0.3) is 11.3 Å². The molecule has 0 radical (unpaired) electrons. The molecule has 9 nitrogen and oxygen atoms in total. The lowest BCUT2D eigenvalue weighted by Gasteiger charge is -2.18. The fraction of sp³-hybridized carbons (Fsp3) is 0.273. The van der Waals surface area contributed by atoms with Crippen molar-refractivity contribution in [3.63, 3.8) is 0 Å². The highest BCUT2D eigenvalue weighted by Gasteiger charge is 2.23. The first-order valence-corrected chi connectivity index (χ1v) is 12.5. The molecule has 1 N–H and O–H groups in total. The SMILES string of the molecule is CCN(CC)S(=O)(=O)c1ccc(=O)n(CC(=O)Nc2nc(-c3ccccc3)c(C(C)=O)s2)c1. The Morgan fingerprint density at radius 3 is 2.36 bits per heavy atom. The number of anilines is 1. The van der Waals surface area contributed by atoms with E-state index in [-0.39, 0.29) is 28.9 Å². The van der Waals surface area contributed by atoms with Gasteiger partial charge in [-0.05, 0) is 6.07 Å². The second-order valence-electron chi connectivity index (χ2n) is 7.09. The molecule has 0 saturated carbocycles. The van der Waals surface area contributed by atoms with Gasteiger partial charge in [-0.1, -0.05) is 55.5 Å². The van der Waals surface area contributed by atoms with Gasteiger partial charge in [0, 0.05) is 37.8 Å².